The molecule has 7 heteroatoms. The summed E-state index contributed by atoms with van der Waals surface area (Å²) in [5.74, 6) is -0.906. The van der Waals surface area contributed by atoms with Crippen LogP contribution in [0.5, 0.6) is 5.75 Å². The Morgan fingerprint density at radius 1 is 1.14 bits per heavy atom. The molecule has 2 aromatic rings. The quantitative estimate of drug-likeness (QED) is 0.822. The number of hydrogen-bond donors (Lipinski definition) is 1. The summed E-state index contributed by atoms with van der Waals surface area (Å²) >= 11 is 0. The van der Waals surface area contributed by atoms with Crippen molar-refractivity contribution in [1.29, 1.82) is 0 Å². The molecule has 0 bridgehead atoms. The summed E-state index contributed by atoms with van der Waals surface area (Å²) < 4.78 is 24.3. The number of hydrogen-bond acceptors (Lipinski definition) is 4. The lowest BCUT2D eigenvalue weighted by molar-refractivity contribution is 0.0285. The molecular weight excluding hydrogens is 363 g/mol. The lowest BCUT2D eigenvalue weighted by Gasteiger charge is -2.24. The fourth-order valence-corrected chi connectivity index (χ4v) is 2.43. The van der Waals surface area contributed by atoms with Gasteiger partial charge >= 0.3 is 6.09 Å². The van der Waals surface area contributed by atoms with E-state index in [-0.39, 0.29) is 5.56 Å². The monoisotopic (exact) mass is 388 g/mol. The second kappa shape index (κ2) is 8.73. The van der Waals surface area contributed by atoms with Gasteiger partial charge in [0.1, 0.15) is 17.2 Å². The third kappa shape index (κ3) is 5.97. The zero-order chi connectivity index (χ0) is 20.9. The molecule has 0 aromatic heterocycles. The first-order valence-electron chi connectivity index (χ1n) is 8.77. The van der Waals surface area contributed by atoms with Crippen molar-refractivity contribution in [3.8, 4) is 5.75 Å². The Balaban J connectivity index is 2.07. The maximum absolute atomic E-state index is 14.1. The van der Waals surface area contributed by atoms with Gasteiger partial charge < -0.3 is 19.7 Å². The third-order valence-electron chi connectivity index (χ3n) is 3.73. The molecule has 6 nitrogen and oxygen atoms in total. The van der Waals surface area contributed by atoms with Crippen LogP contribution in [0.15, 0.2) is 42.5 Å². The summed E-state index contributed by atoms with van der Waals surface area (Å²) in [6.07, 6.45) is -0.442. The van der Waals surface area contributed by atoms with Crippen LogP contribution in [-0.2, 0) is 11.3 Å². The summed E-state index contributed by atoms with van der Waals surface area (Å²) in [5, 5.41) is 2.66. The van der Waals surface area contributed by atoms with Gasteiger partial charge in [0.15, 0.2) is 0 Å². The first-order valence-corrected chi connectivity index (χ1v) is 8.77. The highest BCUT2D eigenvalue weighted by molar-refractivity contribution is 6.04. The minimum Gasteiger partial charge on any atom is -0.497 e. The smallest absolute Gasteiger partial charge is 0.410 e. The van der Waals surface area contributed by atoms with Crippen LogP contribution in [0.2, 0.25) is 0 Å². The second-order valence-corrected chi connectivity index (χ2v) is 7.34. The van der Waals surface area contributed by atoms with Gasteiger partial charge in [-0.2, -0.15) is 0 Å². The molecule has 2 rings (SSSR count). The second-order valence-electron chi connectivity index (χ2n) is 7.34. The maximum Gasteiger partial charge on any atom is 0.410 e. The number of benzene rings is 2. The fraction of sp³-hybridized carbons (Fsp3) is 0.333. The first-order chi connectivity index (χ1) is 13.1. The number of nitrogens with zero attached hydrogens (tertiary/aromatic N) is 1. The number of anilines is 1. The van der Waals surface area contributed by atoms with E-state index in [4.69, 9.17) is 9.47 Å². The molecule has 0 atom stereocenters. The first kappa shape index (κ1) is 21.2. The number of rotatable bonds is 5. The number of methoxy groups -OCH3 is 1. The SMILES string of the molecule is COc1ccc(C(=O)Nc2cccc(CN(C)C(=O)OC(C)(C)C)c2)c(F)c1. The number of halogens is 1. The molecule has 0 aliphatic heterocycles. The van der Waals surface area contributed by atoms with Crippen molar-refractivity contribution in [2.24, 2.45) is 0 Å². The molecule has 28 heavy (non-hydrogen) atoms. The van der Waals surface area contributed by atoms with Gasteiger partial charge in [-0.05, 0) is 50.6 Å². The summed E-state index contributed by atoms with van der Waals surface area (Å²) in [6.45, 7) is 5.70. The average Bonchev–Trinajstić information content (AvgIpc) is 2.60. The molecule has 0 fully saturated rings. The van der Waals surface area contributed by atoms with E-state index in [1.807, 2.05) is 6.07 Å². The van der Waals surface area contributed by atoms with Gasteiger partial charge in [0.2, 0.25) is 0 Å². The van der Waals surface area contributed by atoms with Crippen LogP contribution in [0, 0.1) is 5.82 Å². The van der Waals surface area contributed by atoms with Gasteiger partial charge in [-0.15, -0.1) is 0 Å². The Morgan fingerprint density at radius 3 is 2.46 bits per heavy atom. The van der Waals surface area contributed by atoms with E-state index in [1.165, 1.54) is 24.1 Å². The Kier molecular flexibility index (Phi) is 6.62. The van der Waals surface area contributed by atoms with Gasteiger partial charge in [-0.3, -0.25) is 4.79 Å². The number of carbonyl (C=O) groups excluding carboxylic acids is 2. The number of amides is 2. The molecule has 0 saturated carbocycles. The van der Waals surface area contributed by atoms with E-state index >= 15 is 0 Å². The molecule has 2 amide bonds. The predicted molar refractivity (Wildman–Crippen MR) is 105 cm³/mol. The van der Waals surface area contributed by atoms with Crippen LogP contribution in [0.3, 0.4) is 0 Å². The number of ether oxygens (including phenoxy) is 2. The molecular formula is C21H25FN2O4. The molecule has 0 heterocycles. The van der Waals surface area contributed by atoms with Crippen molar-refractivity contribution in [2.75, 3.05) is 19.5 Å². The normalized spacial score (nSPS) is 10.9. The highest BCUT2D eigenvalue weighted by Gasteiger charge is 2.20. The zero-order valence-electron chi connectivity index (χ0n) is 16.7. The van der Waals surface area contributed by atoms with Gasteiger partial charge in [0, 0.05) is 25.3 Å². The third-order valence-corrected chi connectivity index (χ3v) is 3.73. The van der Waals surface area contributed by atoms with Gasteiger partial charge in [0.25, 0.3) is 5.91 Å². The van der Waals surface area contributed by atoms with E-state index < -0.39 is 23.4 Å². The fourth-order valence-electron chi connectivity index (χ4n) is 2.43. The van der Waals surface area contributed by atoms with E-state index in [0.717, 1.165) is 11.6 Å². The summed E-state index contributed by atoms with van der Waals surface area (Å²) in [6, 6.07) is 11.0. The van der Waals surface area contributed by atoms with E-state index in [2.05, 4.69) is 5.32 Å². The largest absolute Gasteiger partial charge is 0.497 e. The Bertz CT molecular complexity index is 862. The highest BCUT2D eigenvalue weighted by atomic mass is 19.1. The van der Waals surface area contributed by atoms with Crippen molar-refractivity contribution in [3.63, 3.8) is 0 Å². The Morgan fingerprint density at radius 2 is 1.86 bits per heavy atom. The molecule has 0 aliphatic carbocycles. The lowest BCUT2D eigenvalue weighted by Crippen LogP contribution is -2.33. The molecule has 0 saturated heterocycles. The topological polar surface area (TPSA) is 67.9 Å². The lowest BCUT2D eigenvalue weighted by atomic mass is 10.1. The average molecular weight is 388 g/mol. The molecule has 0 spiro atoms. The van der Waals surface area contributed by atoms with Crippen molar-refractivity contribution >= 4 is 17.7 Å². The summed E-state index contributed by atoms with van der Waals surface area (Å²) in [4.78, 5) is 25.9. The van der Waals surface area contributed by atoms with Crippen LogP contribution in [-0.4, -0.2) is 36.7 Å². The van der Waals surface area contributed by atoms with Crippen molar-refractivity contribution < 1.29 is 23.5 Å². The van der Waals surface area contributed by atoms with Crippen molar-refractivity contribution in [1.82, 2.24) is 4.90 Å². The molecule has 0 unspecified atom stereocenters. The highest BCUT2D eigenvalue weighted by Crippen LogP contribution is 2.19. The van der Waals surface area contributed by atoms with Gasteiger partial charge in [0.05, 0.1) is 12.7 Å². The van der Waals surface area contributed by atoms with E-state index in [9.17, 15) is 14.0 Å². The standard InChI is InChI=1S/C21H25FN2O4/c1-21(2,3)28-20(26)24(4)13-14-7-6-8-15(11-14)23-19(25)17-10-9-16(27-5)12-18(17)22/h6-12H,13H2,1-5H3,(H,23,25). The van der Waals surface area contributed by atoms with Crippen molar-refractivity contribution in [2.45, 2.75) is 32.9 Å². The Hall–Kier alpha value is -3.09. The van der Waals surface area contributed by atoms with Gasteiger partial charge in [-0.1, -0.05) is 12.1 Å². The minimum absolute atomic E-state index is 0.0860. The van der Waals surface area contributed by atoms with Crippen molar-refractivity contribution in [3.05, 3.63) is 59.4 Å². The maximum atomic E-state index is 14.1. The summed E-state index contributed by atoms with van der Waals surface area (Å²) in [5.41, 5.74) is 0.623. The number of nitrogens with one attached hydrogen (secondary N) is 1. The number of carbonyl (C=O) groups is 2. The van der Waals surface area contributed by atoms with Crippen LogP contribution in [0.4, 0.5) is 14.9 Å². The van der Waals surface area contributed by atoms with Crippen LogP contribution in [0.1, 0.15) is 36.7 Å². The molecule has 150 valence electrons. The zero-order valence-corrected chi connectivity index (χ0v) is 16.7. The van der Waals surface area contributed by atoms with Crippen LogP contribution >= 0.6 is 0 Å². The molecule has 0 aliphatic rings. The van der Waals surface area contributed by atoms with Gasteiger partial charge in [-0.25, -0.2) is 9.18 Å². The van der Waals surface area contributed by atoms with Crippen LogP contribution in [0.25, 0.3) is 0 Å². The minimum atomic E-state index is -0.669. The van der Waals surface area contributed by atoms with E-state index in [0.29, 0.717) is 18.0 Å². The molecule has 1 N–H and O–H groups in total. The summed E-state index contributed by atoms with van der Waals surface area (Å²) in [7, 11) is 3.06. The van der Waals surface area contributed by atoms with E-state index in [1.54, 1.807) is 46.0 Å². The Labute approximate surface area is 164 Å². The molecule has 0 radical (unpaired) electrons. The predicted octanol–water partition coefficient (Wildman–Crippen LogP) is 4.45. The van der Waals surface area contributed by atoms with Crippen LogP contribution < -0.4 is 10.1 Å². The molecule has 2 aromatic carbocycles.